The first-order valence-corrected chi connectivity index (χ1v) is 7.25. The average Bonchev–Trinajstić information content (AvgIpc) is 2.48. The third kappa shape index (κ3) is 2.11. The zero-order valence-electron chi connectivity index (χ0n) is 8.68. The molecule has 12 heavy (non-hydrogen) atoms. The Kier molecular flexibility index (Phi) is 4.30. The normalized spacial score (nSPS) is 35.8. The number of rotatable bonds is 4. The molecule has 2 heteroatoms. The molecule has 0 N–H and O–H groups in total. The molecule has 0 radical (unpaired) electrons. The SMILES string of the molecule is CCO[SiH]1C(CC)CCC1CC. The maximum Gasteiger partial charge on any atom is 0.182 e. The quantitative estimate of drug-likeness (QED) is 0.613. The zero-order valence-corrected chi connectivity index (χ0v) is 9.83. The molecule has 0 bridgehead atoms. The lowest BCUT2D eigenvalue weighted by molar-refractivity contribution is 0.330. The Hall–Kier alpha value is 0.177. The van der Waals surface area contributed by atoms with Crippen molar-refractivity contribution in [1.82, 2.24) is 0 Å². The van der Waals surface area contributed by atoms with E-state index >= 15 is 0 Å². The molecule has 72 valence electrons. The van der Waals surface area contributed by atoms with Crippen LogP contribution in [0.1, 0.15) is 46.5 Å². The van der Waals surface area contributed by atoms with Crippen molar-refractivity contribution >= 4 is 9.04 Å². The topological polar surface area (TPSA) is 9.23 Å². The Bertz CT molecular complexity index is 115. The summed E-state index contributed by atoms with van der Waals surface area (Å²) in [5.74, 6) is 0. The summed E-state index contributed by atoms with van der Waals surface area (Å²) < 4.78 is 5.95. The fraction of sp³-hybridized carbons (Fsp3) is 1.00. The van der Waals surface area contributed by atoms with Crippen LogP contribution in [0.25, 0.3) is 0 Å². The molecule has 0 saturated carbocycles. The minimum absolute atomic E-state index is 0.811. The maximum absolute atomic E-state index is 5.95. The summed E-state index contributed by atoms with van der Waals surface area (Å²) in [6.07, 6.45) is 5.61. The lowest BCUT2D eigenvalue weighted by Crippen LogP contribution is -2.24. The van der Waals surface area contributed by atoms with Crippen LogP contribution >= 0.6 is 0 Å². The van der Waals surface area contributed by atoms with Gasteiger partial charge in [-0.1, -0.05) is 39.5 Å². The number of hydrogen-bond donors (Lipinski definition) is 0. The highest BCUT2D eigenvalue weighted by molar-refractivity contribution is 6.56. The van der Waals surface area contributed by atoms with Gasteiger partial charge in [-0.3, -0.25) is 0 Å². The molecule has 0 aromatic carbocycles. The molecule has 1 nitrogen and oxygen atoms in total. The minimum Gasteiger partial charge on any atom is -0.420 e. The van der Waals surface area contributed by atoms with Gasteiger partial charge in [0, 0.05) is 6.61 Å². The van der Waals surface area contributed by atoms with Crippen molar-refractivity contribution < 1.29 is 4.43 Å². The van der Waals surface area contributed by atoms with E-state index in [1.165, 1.54) is 25.7 Å². The van der Waals surface area contributed by atoms with Gasteiger partial charge in [-0.2, -0.15) is 0 Å². The Morgan fingerprint density at radius 3 is 1.92 bits per heavy atom. The molecule has 1 rings (SSSR count). The van der Waals surface area contributed by atoms with Crippen molar-refractivity contribution in [2.45, 2.75) is 57.5 Å². The molecule has 0 spiro atoms. The fourth-order valence-electron chi connectivity index (χ4n) is 2.48. The second kappa shape index (κ2) is 5.03. The highest BCUT2D eigenvalue weighted by Gasteiger charge is 2.36. The average molecular weight is 186 g/mol. The Morgan fingerprint density at radius 1 is 1.08 bits per heavy atom. The van der Waals surface area contributed by atoms with E-state index in [4.69, 9.17) is 4.43 Å². The third-order valence-corrected chi connectivity index (χ3v) is 7.43. The van der Waals surface area contributed by atoms with Crippen LogP contribution in [0, 0.1) is 0 Å². The molecule has 0 aromatic heterocycles. The van der Waals surface area contributed by atoms with Crippen LogP contribution < -0.4 is 0 Å². The predicted molar refractivity (Wildman–Crippen MR) is 56.1 cm³/mol. The van der Waals surface area contributed by atoms with Gasteiger partial charge in [0.15, 0.2) is 9.04 Å². The molecule has 0 amide bonds. The van der Waals surface area contributed by atoms with E-state index in [0.717, 1.165) is 17.7 Å². The lowest BCUT2D eigenvalue weighted by atomic mass is 10.1. The fourth-order valence-corrected chi connectivity index (χ4v) is 6.15. The monoisotopic (exact) mass is 186 g/mol. The van der Waals surface area contributed by atoms with Crippen LogP contribution in [0.3, 0.4) is 0 Å². The van der Waals surface area contributed by atoms with Crippen molar-refractivity contribution in [3.8, 4) is 0 Å². The highest BCUT2D eigenvalue weighted by atomic mass is 28.3. The van der Waals surface area contributed by atoms with Crippen molar-refractivity contribution in [2.75, 3.05) is 6.61 Å². The van der Waals surface area contributed by atoms with Crippen LogP contribution in [0.15, 0.2) is 0 Å². The maximum atomic E-state index is 5.95. The second-order valence-electron chi connectivity index (χ2n) is 3.83. The summed E-state index contributed by atoms with van der Waals surface area (Å²) in [6.45, 7) is 7.73. The molecular formula is C10H22OSi. The van der Waals surface area contributed by atoms with E-state index in [1.54, 1.807) is 0 Å². The molecule has 2 unspecified atom stereocenters. The summed E-state index contributed by atoms with van der Waals surface area (Å²) in [5.41, 5.74) is 1.96. The van der Waals surface area contributed by atoms with Gasteiger partial charge in [0.2, 0.25) is 0 Å². The van der Waals surface area contributed by atoms with Crippen molar-refractivity contribution in [2.24, 2.45) is 0 Å². The molecule has 1 aliphatic rings. The van der Waals surface area contributed by atoms with Crippen LogP contribution in [0.2, 0.25) is 11.1 Å². The molecule has 2 atom stereocenters. The molecule has 1 aliphatic heterocycles. The van der Waals surface area contributed by atoms with Crippen molar-refractivity contribution in [3.05, 3.63) is 0 Å². The third-order valence-electron chi connectivity index (χ3n) is 3.25. The van der Waals surface area contributed by atoms with Crippen LogP contribution in [-0.2, 0) is 4.43 Å². The van der Waals surface area contributed by atoms with E-state index in [-0.39, 0.29) is 0 Å². The lowest BCUT2D eigenvalue weighted by Gasteiger charge is -2.21. The van der Waals surface area contributed by atoms with Gasteiger partial charge in [-0.05, 0) is 18.0 Å². The second-order valence-corrected chi connectivity index (χ2v) is 6.98. The first-order chi connectivity index (χ1) is 5.83. The Labute approximate surface area is 78.2 Å². The van der Waals surface area contributed by atoms with E-state index in [9.17, 15) is 0 Å². The zero-order chi connectivity index (χ0) is 8.97. The van der Waals surface area contributed by atoms with Gasteiger partial charge in [0.05, 0.1) is 0 Å². The summed E-state index contributed by atoms with van der Waals surface area (Å²) in [7, 11) is -0.811. The summed E-state index contributed by atoms with van der Waals surface area (Å²) in [4.78, 5) is 0. The highest BCUT2D eigenvalue weighted by Crippen LogP contribution is 2.42. The minimum atomic E-state index is -0.811. The van der Waals surface area contributed by atoms with E-state index in [1.807, 2.05) is 0 Å². The molecule has 1 heterocycles. The van der Waals surface area contributed by atoms with Gasteiger partial charge in [0.25, 0.3) is 0 Å². The van der Waals surface area contributed by atoms with Crippen LogP contribution in [0.4, 0.5) is 0 Å². The van der Waals surface area contributed by atoms with Crippen LogP contribution in [-0.4, -0.2) is 15.6 Å². The van der Waals surface area contributed by atoms with Gasteiger partial charge in [-0.25, -0.2) is 0 Å². The molecule has 1 saturated heterocycles. The van der Waals surface area contributed by atoms with Crippen LogP contribution in [0.5, 0.6) is 0 Å². The molecule has 1 fully saturated rings. The van der Waals surface area contributed by atoms with E-state index in [0.29, 0.717) is 0 Å². The van der Waals surface area contributed by atoms with Gasteiger partial charge in [-0.15, -0.1) is 0 Å². The first-order valence-electron chi connectivity index (χ1n) is 5.45. The van der Waals surface area contributed by atoms with Crippen molar-refractivity contribution in [3.63, 3.8) is 0 Å². The van der Waals surface area contributed by atoms with E-state index in [2.05, 4.69) is 20.8 Å². The molecule has 0 aliphatic carbocycles. The first kappa shape index (κ1) is 10.3. The number of hydrogen-bond acceptors (Lipinski definition) is 1. The summed E-state index contributed by atoms with van der Waals surface area (Å²) in [5, 5.41) is 0. The summed E-state index contributed by atoms with van der Waals surface area (Å²) in [6, 6.07) is 0. The molecule has 0 aromatic rings. The van der Waals surface area contributed by atoms with Gasteiger partial charge >= 0.3 is 0 Å². The molecular weight excluding hydrogens is 164 g/mol. The predicted octanol–water partition coefficient (Wildman–Crippen LogP) is 3.10. The van der Waals surface area contributed by atoms with Gasteiger partial charge in [0.1, 0.15) is 0 Å². The standard InChI is InChI=1S/C10H22OSi/c1-4-9-7-8-10(5-2)12(9)11-6-3/h9-10,12H,4-8H2,1-3H3. The Balaban J connectivity index is 2.46. The van der Waals surface area contributed by atoms with E-state index < -0.39 is 9.04 Å². The van der Waals surface area contributed by atoms with Gasteiger partial charge < -0.3 is 4.43 Å². The smallest absolute Gasteiger partial charge is 0.182 e. The Morgan fingerprint density at radius 2 is 1.58 bits per heavy atom. The van der Waals surface area contributed by atoms with Crippen molar-refractivity contribution in [1.29, 1.82) is 0 Å². The largest absolute Gasteiger partial charge is 0.420 e. The summed E-state index contributed by atoms with van der Waals surface area (Å²) >= 11 is 0.